The van der Waals surface area contributed by atoms with Crippen LogP contribution in [0.4, 0.5) is 0 Å². The Kier molecular flexibility index (Phi) is 7.14. The van der Waals surface area contributed by atoms with Crippen LogP contribution in [0.15, 0.2) is 0 Å². The molecule has 0 atom stereocenters. The van der Waals surface area contributed by atoms with Crippen molar-refractivity contribution in [2.75, 3.05) is 17.2 Å². The van der Waals surface area contributed by atoms with E-state index in [9.17, 15) is 4.79 Å². The van der Waals surface area contributed by atoms with Gasteiger partial charge in [-0.25, -0.2) is 0 Å². The zero-order valence-electron chi connectivity index (χ0n) is 7.44. The van der Waals surface area contributed by atoms with Crippen LogP contribution in [0.25, 0.3) is 0 Å². The van der Waals surface area contributed by atoms with Crippen molar-refractivity contribution in [1.29, 1.82) is 0 Å². The molecule has 0 unspecified atom stereocenters. The third-order valence-corrected chi connectivity index (χ3v) is 2.99. The Morgan fingerprint density at radius 2 is 1.83 bits per heavy atom. The number of carbonyl (C=O) groups excluding carboxylic acids is 1. The van der Waals surface area contributed by atoms with Crippen molar-refractivity contribution in [3.63, 3.8) is 0 Å². The second kappa shape index (κ2) is 6.89. The lowest BCUT2D eigenvalue weighted by molar-refractivity contribution is -0.123. The van der Waals surface area contributed by atoms with E-state index in [0.29, 0.717) is 16.6 Å². The molecule has 2 nitrogen and oxygen atoms in total. The zero-order chi connectivity index (χ0) is 9.56. The first-order valence-corrected chi connectivity index (χ1v) is 6.25. The van der Waals surface area contributed by atoms with E-state index in [2.05, 4.69) is 51.0 Å². The highest BCUT2D eigenvalue weighted by molar-refractivity contribution is 9.09. The first-order valence-electron chi connectivity index (χ1n) is 4.01. The first-order chi connectivity index (χ1) is 5.61. The van der Waals surface area contributed by atoms with Crippen LogP contribution in [0, 0.1) is 11.8 Å². The van der Waals surface area contributed by atoms with Gasteiger partial charge in [0.25, 0.3) is 0 Å². The zero-order valence-corrected chi connectivity index (χ0v) is 10.6. The molecule has 0 rings (SSSR count). The van der Waals surface area contributed by atoms with E-state index in [1.165, 1.54) is 0 Å². The Morgan fingerprint density at radius 3 is 2.17 bits per heavy atom. The Bertz CT molecular complexity index is 135. The highest BCUT2D eigenvalue weighted by Gasteiger charge is 2.14. The summed E-state index contributed by atoms with van der Waals surface area (Å²) in [7, 11) is 0. The number of halogens is 2. The van der Waals surface area contributed by atoms with Gasteiger partial charge in [0, 0.05) is 17.2 Å². The van der Waals surface area contributed by atoms with Gasteiger partial charge in [0.15, 0.2) is 0 Å². The molecular weight excluding hydrogens is 286 g/mol. The van der Waals surface area contributed by atoms with E-state index in [4.69, 9.17) is 0 Å². The molecule has 0 aliphatic heterocycles. The summed E-state index contributed by atoms with van der Waals surface area (Å²) in [6.07, 6.45) is 0. The smallest absolute Gasteiger partial charge is 0.224 e. The third-order valence-electron chi connectivity index (χ3n) is 1.43. The van der Waals surface area contributed by atoms with Gasteiger partial charge in [-0.2, -0.15) is 0 Å². The van der Waals surface area contributed by atoms with Gasteiger partial charge >= 0.3 is 0 Å². The van der Waals surface area contributed by atoms with Crippen molar-refractivity contribution >= 4 is 37.8 Å². The van der Waals surface area contributed by atoms with Gasteiger partial charge in [0.1, 0.15) is 0 Å². The summed E-state index contributed by atoms with van der Waals surface area (Å²) >= 11 is 6.59. The highest BCUT2D eigenvalue weighted by atomic mass is 79.9. The summed E-state index contributed by atoms with van der Waals surface area (Å²) in [6, 6.07) is 0. The SMILES string of the molecule is CC(C)CNC(=O)C(CBr)CBr. The van der Waals surface area contributed by atoms with Crippen molar-refractivity contribution in [2.24, 2.45) is 11.8 Å². The average molecular weight is 301 g/mol. The van der Waals surface area contributed by atoms with Gasteiger partial charge in [-0.15, -0.1) is 0 Å². The van der Waals surface area contributed by atoms with E-state index in [1.54, 1.807) is 0 Å². The van der Waals surface area contributed by atoms with Gasteiger partial charge in [-0.05, 0) is 5.92 Å². The Hall–Kier alpha value is 0.430. The summed E-state index contributed by atoms with van der Waals surface area (Å²) in [5.41, 5.74) is 0. The minimum atomic E-state index is 0.0451. The van der Waals surface area contributed by atoms with Crippen LogP contribution in [0.2, 0.25) is 0 Å². The number of hydrogen-bond donors (Lipinski definition) is 1. The van der Waals surface area contributed by atoms with Gasteiger partial charge in [-0.1, -0.05) is 45.7 Å². The summed E-state index contributed by atoms with van der Waals surface area (Å²) in [5.74, 6) is 0.682. The molecule has 12 heavy (non-hydrogen) atoms. The molecule has 4 heteroatoms. The van der Waals surface area contributed by atoms with Crippen molar-refractivity contribution < 1.29 is 4.79 Å². The van der Waals surface area contributed by atoms with Gasteiger partial charge in [0.2, 0.25) is 5.91 Å². The van der Waals surface area contributed by atoms with Crippen LogP contribution in [0.3, 0.4) is 0 Å². The summed E-state index contributed by atoms with van der Waals surface area (Å²) in [6.45, 7) is 4.92. The molecule has 72 valence electrons. The minimum Gasteiger partial charge on any atom is -0.356 e. The first kappa shape index (κ1) is 12.4. The molecule has 0 aliphatic rings. The molecule has 0 saturated heterocycles. The minimum absolute atomic E-state index is 0.0451. The van der Waals surface area contributed by atoms with E-state index in [0.717, 1.165) is 6.54 Å². The quantitative estimate of drug-likeness (QED) is 0.775. The van der Waals surface area contributed by atoms with E-state index >= 15 is 0 Å². The van der Waals surface area contributed by atoms with Crippen molar-refractivity contribution in [3.8, 4) is 0 Å². The predicted molar refractivity (Wildman–Crippen MR) is 58.9 cm³/mol. The molecule has 1 N–H and O–H groups in total. The van der Waals surface area contributed by atoms with Crippen molar-refractivity contribution in [3.05, 3.63) is 0 Å². The van der Waals surface area contributed by atoms with Crippen LogP contribution in [-0.2, 0) is 4.79 Å². The lowest BCUT2D eigenvalue weighted by Crippen LogP contribution is -2.34. The largest absolute Gasteiger partial charge is 0.356 e. The Balaban J connectivity index is 3.69. The number of rotatable bonds is 5. The maximum Gasteiger partial charge on any atom is 0.224 e. The molecule has 0 aliphatic carbocycles. The van der Waals surface area contributed by atoms with Crippen LogP contribution in [0.5, 0.6) is 0 Å². The molecule has 0 heterocycles. The summed E-state index contributed by atoms with van der Waals surface area (Å²) in [5, 5.41) is 4.31. The summed E-state index contributed by atoms with van der Waals surface area (Å²) in [4.78, 5) is 11.3. The van der Waals surface area contributed by atoms with Gasteiger partial charge in [0.05, 0.1) is 5.92 Å². The topological polar surface area (TPSA) is 29.1 Å². The molecule has 1 amide bonds. The molecule has 0 bridgehead atoms. The molecule has 0 radical (unpaired) electrons. The van der Waals surface area contributed by atoms with Crippen LogP contribution in [0.1, 0.15) is 13.8 Å². The maximum absolute atomic E-state index is 11.3. The van der Waals surface area contributed by atoms with Gasteiger partial charge in [-0.3, -0.25) is 4.79 Å². The maximum atomic E-state index is 11.3. The number of hydrogen-bond acceptors (Lipinski definition) is 1. The van der Waals surface area contributed by atoms with E-state index in [-0.39, 0.29) is 11.8 Å². The second-order valence-electron chi connectivity index (χ2n) is 3.14. The number of nitrogens with one attached hydrogen (secondary N) is 1. The number of amides is 1. The summed E-state index contributed by atoms with van der Waals surface area (Å²) < 4.78 is 0. The molecule has 0 fully saturated rings. The van der Waals surface area contributed by atoms with E-state index in [1.807, 2.05) is 0 Å². The second-order valence-corrected chi connectivity index (χ2v) is 4.44. The fraction of sp³-hybridized carbons (Fsp3) is 0.875. The molecular formula is C8H15Br2NO. The van der Waals surface area contributed by atoms with Crippen molar-refractivity contribution in [1.82, 2.24) is 5.32 Å². The molecule has 0 aromatic carbocycles. The monoisotopic (exact) mass is 299 g/mol. The normalized spacial score (nSPS) is 10.8. The fourth-order valence-electron chi connectivity index (χ4n) is 0.630. The highest BCUT2D eigenvalue weighted by Crippen LogP contribution is 2.05. The molecule has 0 saturated carbocycles. The Morgan fingerprint density at radius 1 is 1.33 bits per heavy atom. The third kappa shape index (κ3) is 5.14. The molecule has 0 aromatic rings. The predicted octanol–water partition coefficient (Wildman–Crippen LogP) is 2.16. The number of carbonyl (C=O) groups is 1. The van der Waals surface area contributed by atoms with Crippen LogP contribution in [-0.4, -0.2) is 23.1 Å². The van der Waals surface area contributed by atoms with Crippen LogP contribution >= 0.6 is 31.9 Å². The van der Waals surface area contributed by atoms with Crippen LogP contribution < -0.4 is 5.32 Å². The molecule has 0 aromatic heterocycles. The fourth-order valence-corrected chi connectivity index (χ4v) is 2.29. The van der Waals surface area contributed by atoms with Crippen molar-refractivity contribution in [2.45, 2.75) is 13.8 Å². The lowest BCUT2D eigenvalue weighted by atomic mass is 10.2. The lowest BCUT2D eigenvalue weighted by Gasteiger charge is -2.12. The molecule has 0 spiro atoms. The standard InChI is InChI=1S/C8H15Br2NO/c1-6(2)5-11-8(12)7(3-9)4-10/h6-7H,3-5H2,1-2H3,(H,11,12). The van der Waals surface area contributed by atoms with Gasteiger partial charge < -0.3 is 5.32 Å². The Labute approximate surface area is 90.7 Å². The number of alkyl halides is 2. The van der Waals surface area contributed by atoms with E-state index < -0.39 is 0 Å². The average Bonchev–Trinajstić information content (AvgIpc) is 2.03.